The molecule has 0 radical (unpaired) electrons. The van der Waals surface area contributed by atoms with Crippen LogP contribution in [0.1, 0.15) is 39.4 Å². The highest BCUT2D eigenvalue weighted by Gasteiger charge is 2.39. The first-order valence-electron chi connectivity index (χ1n) is 12.8. The normalized spacial score (nSPS) is 21.3. The van der Waals surface area contributed by atoms with Gasteiger partial charge in [0.1, 0.15) is 5.82 Å². The summed E-state index contributed by atoms with van der Waals surface area (Å²) in [6, 6.07) is 8.07. The number of benzene rings is 1. The van der Waals surface area contributed by atoms with E-state index < -0.39 is 24.0 Å². The third-order valence-electron chi connectivity index (χ3n) is 7.72. The lowest BCUT2D eigenvalue weighted by Gasteiger charge is -2.26. The molecule has 2 amide bonds. The molecule has 2 heterocycles. The van der Waals surface area contributed by atoms with Crippen LogP contribution in [0.25, 0.3) is 11.0 Å². The minimum Gasteiger partial charge on any atom is -0.380 e. The van der Waals surface area contributed by atoms with Crippen molar-refractivity contribution in [1.29, 1.82) is 0 Å². The summed E-state index contributed by atoms with van der Waals surface area (Å²) >= 11 is 0. The molecule has 4 atom stereocenters. The number of aliphatic hydroxyl groups is 2. The van der Waals surface area contributed by atoms with E-state index in [1.807, 2.05) is 37.3 Å². The van der Waals surface area contributed by atoms with Crippen LogP contribution in [-0.2, 0) is 16.1 Å². The average molecular weight is 495 g/mol. The SMILES string of the molecule is Cc1nc2ccccc2n1CCC(C)(C)CCNC(=O)[C@H](O)[C@@H](O)C(=O)N1CC2=CC=CC(C)C2C1. The largest absolute Gasteiger partial charge is 0.380 e. The van der Waals surface area contributed by atoms with Crippen molar-refractivity contribution in [2.75, 3.05) is 19.6 Å². The van der Waals surface area contributed by atoms with Gasteiger partial charge >= 0.3 is 0 Å². The maximum absolute atomic E-state index is 12.8. The number of carbonyl (C=O) groups excluding carboxylic acids is 2. The van der Waals surface area contributed by atoms with Gasteiger partial charge in [-0.25, -0.2) is 4.98 Å². The second-order valence-corrected chi connectivity index (χ2v) is 11.0. The molecule has 0 saturated carbocycles. The fourth-order valence-corrected chi connectivity index (χ4v) is 5.21. The van der Waals surface area contributed by atoms with Gasteiger partial charge in [0.05, 0.1) is 11.0 Å². The average Bonchev–Trinajstić information content (AvgIpc) is 3.42. The van der Waals surface area contributed by atoms with E-state index in [9.17, 15) is 19.8 Å². The molecule has 2 aromatic rings. The Labute approximate surface area is 212 Å². The molecule has 1 fully saturated rings. The number of aryl methyl sites for hydroxylation is 2. The Morgan fingerprint density at radius 2 is 1.94 bits per heavy atom. The van der Waals surface area contributed by atoms with Gasteiger partial charge in [0.2, 0.25) is 0 Å². The van der Waals surface area contributed by atoms with E-state index in [1.165, 1.54) is 4.90 Å². The third kappa shape index (κ3) is 5.55. The number of para-hydroxylation sites is 2. The number of hydrogen-bond acceptors (Lipinski definition) is 5. The molecule has 0 bridgehead atoms. The van der Waals surface area contributed by atoms with Crippen LogP contribution < -0.4 is 5.32 Å². The Morgan fingerprint density at radius 3 is 2.69 bits per heavy atom. The number of amides is 2. The Hall–Kier alpha value is -2.97. The molecular formula is C28H38N4O4. The highest BCUT2D eigenvalue weighted by atomic mass is 16.3. The predicted octanol–water partition coefficient (Wildman–Crippen LogP) is 2.58. The molecule has 3 N–H and O–H groups in total. The number of imidazole rings is 1. The number of nitrogens with one attached hydrogen (secondary N) is 1. The third-order valence-corrected chi connectivity index (χ3v) is 7.72. The van der Waals surface area contributed by atoms with Crippen LogP contribution in [0.15, 0.2) is 48.1 Å². The fourth-order valence-electron chi connectivity index (χ4n) is 5.21. The topological polar surface area (TPSA) is 108 Å². The van der Waals surface area contributed by atoms with Gasteiger partial charge in [0.15, 0.2) is 12.2 Å². The quantitative estimate of drug-likeness (QED) is 0.497. The Kier molecular flexibility index (Phi) is 7.66. The molecule has 2 unspecified atom stereocenters. The molecule has 194 valence electrons. The van der Waals surface area contributed by atoms with E-state index in [0.717, 1.165) is 35.4 Å². The maximum Gasteiger partial charge on any atom is 0.255 e. The molecule has 1 saturated heterocycles. The van der Waals surface area contributed by atoms with Crippen molar-refractivity contribution in [2.24, 2.45) is 17.3 Å². The number of likely N-dealkylation sites (tertiary alicyclic amines) is 1. The molecule has 1 aliphatic heterocycles. The first kappa shape index (κ1) is 26.1. The summed E-state index contributed by atoms with van der Waals surface area (Å²) in [6.45, 7) is 10.4. The van der Waals surface area contributed by atoms with Crippen molar-refractivity contribution < 1.29 is 19.8 Å². The summed E-state index contributed by atoms with van der Waals surface area (Å²) in [5, 5.41) is 23.5. The van der Waals surface area contributed by atoms with E-state index in [-0.39, 0.29) is 11.3 Å². The lowest BCUT2D eigenvalue weighted by atomic mass is 9.85. The summed E-state index contributed by atoms with van der Waals surface area (Å²) in [6.07, 6.45) is 4.09. The van der Waals surface area contributed by atoms with Crippen LogP contribution in [0.2, 0.25) is 0 Å². The first-order chi connectivity index (χ1) is 17.1. The smallest absolute Gasteiger partial charge is 0.255 e. The molecule has 1 aromatic carbocycles. The van der Waals surface area contributed by atoms with E-state index in [4.69, 9.17) is 0 Å². The van der Waals surface area contributed by atoms with Crippen molar-refractivity contribution in [3.8, 4) is 0 Å². The van der Waals surface area contributed by atoms with Crippen molar-refractivity contribution >= 4 is 22.8 Å². The molecule has 8 nitrogen and oxygen atoms in total. The van der Waals surface area contributed by atoms with Crippen molar-refractivity contribution in [3.63, 3.8) is 0 Å². The molecule has 4 rings (SSSR count). The van der Waals surface area contributed by atoms with Gasteiger partial charge in [-0.3, -0.25) is 9.59 Å². The number of aromatic nitrogens is 2. The van der Waals surface area contributed by atoms with Crippen molar-refractivity contribution in [3.05, 3.63) is 53.9 Å². The highest BCUT2D eigenvalue weighted by molar-refractivity contribution is 5.91. The van der Waals surface area contributed by atoms with Gasteiger partial charge in [-0.05, 0) is 48.8 Å². The van der Waals surface area contributed by atoms with Crippen LogP contribution >= 0.6 is 0 Å². The monoisotopic (exact) mass is 494 g/mol. The Morgan fingerprint density at radius 1 is 1.19 bits per heavy atom. The molecule has 8 heteroatoms. The zero-order chi connectivity index (χ0) is 26.0. The number of aliphatic hydroxyl groups excluding tert-OH is 2. The maximum atomic E-state index is 12.8. The highest BCUT2D eigenvalue weighted by Crippen LogP contribution is 2.33. The van der Waals surface area contributed by atoms with Crippen LogP contribution in [0.3, 0.4) is 0 Å². The van der Waals surface area contributed by atoms with Crippen LogP contribution in [0, 0.1) is 24.2 Å². The van der Waals surface area contributed by atoms with Gasteiger partial charge in [-0.2, -0.15) is 0 Å². The molecule has 2 aliphatic rings. The summed E-state index contributed by atoms with van der Waals surface area (Å²) in [5.74, 6) is 0.176. The van der Waals surface area contributed by atoms with Crippen molar-refractivity contribution in [2.45, 2.75) is 59.3 Å². The van der Waals surface area contributed by atoms with Gasteiger partial charge in [-0.15, -0.1) is 0 Å². The van der Waals surface area contributed by atoms with E-state index in [2.05, 4.69) is 47.8 Å². The van der Waals surface area contributed by atoms with E-state index in [0.29, 0.717) is 32.0 Å². The standard InChI is InChI=1S/C28H38N4O4/c1-18-8-7-9-20-16-31(17-21(18)20)27(36)25(34)24(33)26(35)29-14-12-28(3,4)13-15-32-19(2)30-22-10-5-6-11-23(22)32/h5-11,18,21,24-25,33-34H,12-17H2,1-4H3,(H,29,35)/t18?,21?,24-,25-/m1/s1. The molecule has 1 aliphatic carbocycles. The lowest BCUT2D eigenvalue weighted by Crippen LogP contribution is -2.50. The zero-order valence-corrected chi connectivity index (χ0v) is 21.6. The van der Waals surface area contributed by atoms with Crippen LogP contribution in [0.4, 0.5) is 0 Å². The van der Waals surface area contributed by atoms with Gasteiger partial charge in [0.25, 0.3) is 11.8 Å². The number of nitrogens with zero attached hydrogens (tertiary/aromatic N) is 3. The van der Waals surface area contributed by atoms with E-state index >= 15 is 0 Å². The van der Waals surface area contributed by atoms with Gasteiger partial charge in [0, 0.05) is 32.1 Å². The van der Waals surface area contributed by atoms with Gasteiger partial charge in [-0.1, -0.05) is 51.1 Å². The molecule has 0 spiro atoms. The van der Waals surface area contributed by atoms with Crippen LogP contribution in [0.5, 0.6) is 0 Å². The number of hydrogen-bond donors (Lipinski definition) is 3. The molecular weight excluding hydrogens is 456 g/mol. The molecule has 1 aromatic heterocycles. The van der Waals surface area contributed by atoms with E-state index in [1.54, 1.807) is 0 Å². The number of rotatable bonds is 9. The Balaban J connectivity index is 1.24. The number of fused-ring (bicyclic) bond motifs is 2. The zero-order valence-electron chi connectivity index (χ0n) is 21.6. The molecule has 36 heavy (non-hydrogen) atoms. The van der Waals surface area contributed by atoms with Crippen molar-refractivity contribution in [1.82, 2.24) is 19.8 Å². The number of carbonyl (C=O) groups is 2. The van der Waals surface area contributed by atoms with Crippen LogP contribution in [-0.4, -0.2) is 68.3 Å². The first-order valence-corrected chi connectivity index (χ1v) is 12.8. The fraction of sp³-hybridized carbons (Fsp3) is 0.536. The summed E-state index contributed by atoms with van der Waals surface area (Å²) in [5.41, 5.74) is 3.16. The minimum atomic E-state index is -1.80. The number of allylic oxidation sites excluding steroid dienone is 3. The second-order valence-electron chi connectivity index (χ2n) is 11.0. The second kappa shape index (κ2) is 10.6. The summed E-state index contributed by atoms with van der Waals surface area (Å²) in [4.78, 5) is 31.4. The Bertz CT molecular complexity index is 1180. The predicted molar refractivity (Wildman–Crippen MR) is 139 cm³/mol. The lowest BCUT2D eigenvalue weighted by molar-refractivity contribution is -0.152. The van der Waals surface area contributed by atoms with Gasteiger partial charge < -0.3 is 25.0 Å². The summed E-state index contributed by atoms with van der Waals surface area (Å²) in [7, 11) is 0. The summed E-state index contributed by atoms with van der Waals surface area (Å²) < 4.78 is 2.21. The minimum absolute atomic E-state index is 0.0746.